The van der Waals surface area contributed by atoms with E-state index in [1.807, 2.05) is 27.7 Å². The molecule has 2 fully saturated rings. The zero-order valence-electron chi connectivity index (χ0n) is 77.8. The van der Waals surface area contributed by atoms with Gasteiger partial charge in [-0.2, -0.15) is 0 Å². The average Bonchev–Trinajstić information content (AvgIpc) is 0.786. The topological polar surface area (TPSA) is 462 Å². The zero-order valence-corrected chi connectivity index (χ0v) is 79.8. The van der Waals surface area contributed by atoms with Crippen LogP contribution >= 0.6 is 0 Å². The van der Waals surface area contributed by atoms with E-state index < -0.39 is 251 Å². The molecule has 6 unspecified atom stereocenters. The minimum absolute atomic E-state index is 0.158. The summed E-state index contributed by atoms with van der Waals surface area (Å²) in [4.78, 5) is 173. The molecule has 0 saturated heterocycles. The van der Waals surface area contributed by atoms with Gasteiger partial charge >= 0.3 is 84.1 Å². The second kappa shape index (κ2) is 57.5. The fraction of sp³-hybridized carbons (Fsp3) is 0.622. The summed E-state index contributed by atoms with van der Waals surface area (Å²) in [6.45, 7) is 54.2. The molecule has 0 spiro atoms. The maximum atomic E-state index is 13.8. The van der Waals surface area contributed by atoms with Gasteiger partial charge in [0.15, 0.2) is 16.6 Å². The van der Waals surface area contributed by atoms with Crippen molar-refractivity contribution in [3.05, 3.63) is 127 Å². The highest BCUT2D eigenvalue weighted by atomic mass is 28.4. The Bertz CT molecular complexity index is 3650. The van der Waals surface area contributed by atoms with Gasteiger partial charge in [-0.1, -0.05) is 100 Å². The Morgan fingerprint density at radius 2 is 0.597 bits per heavy atom. The molecule has 2 rings (SSSR count). The van der Waals surface area contributed by atoms with E-state index in [1.165, 1.54) is 7.05 Å². The highest BCUT2D eigenvalue weighted by Gasteiger charge is 2.47. The summed E-state index contributed by atoms with van der Waals surface area (Å²) in [5.74, 6) is -7.98. The number of carbonyl (C=O) groups is 14. The van der Waals surface area contributed by atoms with E-state index in [0.29, 0.717) is 38.6 Å². The van der Waals surface area contributed by atoms with Crippen LogP contribution in [-0.4, -0.2) is 269 Å². The minimum atomic E-state index is -2.04. The molecule has 39 heteroatoms. The van der Waals surface area contributed by atoms with E-state index in [0.717, 1.165) is 105 Å². The molecule has 0 radical (unpaired) electrons. The Hall–Kier alpha value is -10.6. The largest absolute Gasteiger partial charge is 0.462 e. The van der Waals surface area contributed by atoms with Crippen LogP contribution in [0.2, 0.25) is 38.3 Å². The normalized spacial score (nSPS) is 17.4. The first-order chi connectivity index (χ1) is 60.3. The molecular formula is C90H140N4O33Si2. The van der Waals surface area contributed by atoms with Gasteiger partial charge in [-0.05, 0) is 134 Å². The summed E-state index contributed by atoms with van der Waals surface area (Å²) >= 11 is 0. The molecule has 4 N–H and O–H groups in total. The molecule has 4 amide bonds. The van der Waals surface area contributed by atoms with E-state index in [-0.39, 0.29) is 30.1 Å². The van der Waals surface area contributed by atoms with Gasteiger partial charge in [-0.25, -0.2) is 67.1 Å². The zero-order chi connectivity index (χ0) is 97.9. The summed E-state index contributed by atoms with van der Waals surface area (Å²) in [7, 11) is -2.75. The monoisotopic (exact) mass is 1860 g/mol. The van der Waals surface area contributed by atoms with Gasteiger partial charge in [0.25, 0.3) is 0 Å². The molecule has 0 bridgehead atoms. The Morgan fingerprint density at radius 3 is 0.853 bits per heavy atom. The molecule has 0 aliphatic heterocycles. The number of alkyl carbamates (subject to hydrolysis) is 4. The van der Waals surface area contributed by atoms with E-state index in [4.69, 9.17) is 89.4 Å². The van der Waals surface area contributed by atoms with Crippen LogP contribution in [0.3, 0.4) is 0 Å². The van der Waals surface area contributed by atoms with Crippen molar-refractivity contribution < 1.29 is 157 Å². The maximum Gasteiger partial charge on any atom is 0.407 e. The molecule has 0 aromatic rings. The van der Waals surface area contributed by atoms with Crippen molar-refractivity contribution >= 4 is 101 Å². The Kier molecular flexibility index (Phi) is 51.9. The summed E-state index contributed by atoms with van der Waals surface area (Å²) < 4.78 is 105. The SMILES string of the molecule is C=CC(=O)OCC(COCC(COC(=O)C=C)(COC(=O)C=C)COC(=O)NC)(COC(=O)C=C)COC(=O)C=C.C=CC(=O)OCC(COCC(COC(=O)C=C)(COC(=O)C=C)COC(=O)NC1CC(C)(C)CC(C)(NC(=O)OC(C)COCCC[Si](C)(C)O[Si](C)(C)CCCOCC(C)OC(=O)NC2(C)CC(C)CC(C)(C)C2)C1)(COC(=O)C=C)COC(=O)C=C. The summed E-state index contributed by atoms with van der Waals surface area (Å²) in [6.07, 6.45) is 11.0. The van der Waals surface area contributed by atoms with Crippen molar-refractivity contribution in [2.75, 3.05) is 139 Å². The predicted octanol–water partition coefficient (Wildman–Crippen LogP) is 10.7. The predicted molar refractivity (Wildman–Crippen MR) is 478 cm³/mol. The summed E-state index contributed by atoms with van der Waals surface area (Å²) in [5.41, 5.74) is -7.59. The van der Waals surface area contributed by atoms with E-state index in [1.54, 1.807) is 6.92 Å². The number of esters is 10. The lowest BCUT2D eigenvalue weighted by Gasteiger charge is -2.46. The number of nitrogens with one attached hydrogen (secondary N) is 4. The fourth-order valence-electron chi connectivity index (χ4n) is 14.8. The lowest BCUT2D eigenvalue weighted by molar-refractivity contribution is -0.170. The molecule has 2 aliphatic carbocycles. The number of hydrogen-bond acceptors (Lipinski definition) is 33. The highest BCUT2D eigenvalue weighted by molar-refractivity contribution is 6.84. The smallest absolute Gasteiger partial charge is 0.407 e. The number of ether oxygens (including phenoxy) is 18. The Balaban J connectivity index is 0.00000169. The van der Waals surface area contributed by atoms with Crippen molar-refractivity contribution in [2.45, 2.75) is 181 Å². The van der Waals surface area contributed by atoms with Gasteiger partial charge in [0.05, 0.1) is 61.3 Å². The molecule has 37 nitrogen and oxygen atoms in total. The first-order valence-electron chi connectivity index (χ1n) is 42.0. The van der Waals surface area contributed by atoms with E-state index in [2.05, 4.69) is 141 Å². The number of carbonyl (C=O) groups excluding carboxylic acids is 14. The van der Waals surface area contributed by atoms with Crippen LogP contribution in [-0.2, 0) is 137 Å². The van der Waals surface area contributed by atoms with Crippen molar-refractivity contribution in [1.29, 1.82) is 0 Å². The number of hydrogen-bond donors (Lipinski definition) is 4. The van der Waals surface area contributed by atoms with Gasteiger partial charge in [0, 0.05) is 98.1 Å². The van der Waals surface area contributed by atoms with Gasteiger partial charge in [0.2, 0.25) is 0 Å². The first-order valence-corrected chi connectivity index (χ1v) is 48.2. The highest BCUT2D eigenvalue weighted by Crippen LogP contribution is 2.44. The third kappa shape index (κ3) is 49.7. The van der Waals surface area contributed by atoms with Crippen molar-refractivity contribution in [3.8, 4) is 0 Å². The summed E-state index contributed by atoms with van der Waals surface area (Å²) in [6, 6.07) is 1.28. The molecule has 0 heterocycles. The molecule has 6 atom stereocenters. The summed E-state index contributed by atoms with van der Waals surface area (Å²) in [5, 5.41) is 11.3. The van der Waals surface area contributed by atoms with Crippen LogP contribution in [0.4, 0.5) is 19.2 Å². The second-order valence-corrected chi connectivity index (χ2v) is 44.6. The van der Waals surface area contributed by atoms with E-state index >= 15 is 0 Å². The first kappa shape index (κ1) is 116. The van der Waals surface area contributed by atoms with E-state index in [9.17, 15) is 67.1 Å². The molecule has 2 aliphatic rings. The second-order valence-electron chi connectivity index (χ2n) is 35.7. The maximum absolute atomic E-state index is 13.8. The van der Waals surface area contributed by atoms with Crippen LogP contribution in [0.15, 0.2) is 127 Å². The van der Waals surface area contributed by atoms with Crippen LogP contribution in [0, 0.1) is 38.4 Å². The van der Waals surface area contributed by atoms with Crippen LogP contribution in [0.1, 0.15) is 114 Å². The molecule has 129 heavy (non-hydrogen) atoms. The molecular weight excluding hydrogens is 1720 g/mol. The van der Waals surface area contributed by atoms with Crippen LogP contribution in [0.25, 0.3) is 0 Å². The molecule has 0 aromatic carbocycles. The quantitative estimate of drug-likeness (QED) is 0.0144. The third-order valence-corrected chi connectivity index (χ3v) is 27.3. The number of amides is 4. The Labute approximate surface area is 760 Å². The van der Waals surface area contributed by atoms with Gasteiger partial charge in [-0.15, -0.1) is 0 Å². The lowest BCUT2D eigenvalue weighted by Crippen LogP contribution is -2.58. The standard InChI is InChI=1S/C63H105N3O20Si2.C27H35NO13/c1-19-50(67)78-40-62(41-79-51(68)20-2,42-80-52(69)21-3)38-77-39-63(43-81-53(70)22-4,44-82-54(71)23-5)45-83-55(72)64-49-32-59(11,12)37-61(14,33-49)66-57(74)85-48(8)35-76-27-25-29-88(17,18)86-87(15,16)28-24-26-75-34-47(7)84-56(73)65-60(13)31-46(6)30-58(9,10)36-60;1-7-20(29)36-14-26(15-37-21(30)8-2,16-38-22(31)9-3)12-35-13-27(17-39-23(32)10-4,18-40-24(33)11-5)19-41-25(34)28-6/h19-23,46-49H,1-5,24-45H2,6-18H3,(H,64,72)(H,65,73)(H,66,74);7-11H,1-5,12-19H2,6H3,(H,28,34). The lowest BCUT2D eigenvalue weighted by atomic mass is 9.65. The molecule has 726 valence electrons. The number of rotatable bonds is 61. The molecule has 0 aromatic heterocycles. The Morgan fingerprint density at radius 1 is 0.349 bits per heavy atom. The average molecular weight is 1860 g/mol. The third-order valence-electron chi connectivity index (χ3n) is 19.8. The van der Waals surface area contributed by atoms with Crippen LogP contribution < -0.4 is 21.3 Å². The van der Waals surface area contributed by atoms with Crippen molar-refractivity contribution in [2.24, 2.45) is 38.4 Å². The minimum Gasteiger partial charge on any atom is -0.462 e. The van der Waals surface area contributed by atoms with Crippen molar-refractivity contribution in [3.63, 3.8) is 0 Å². The van der Waals surface area contributed by atoms with Crippen LogP contribution in [0.5, 0.6) is 0 Å². The van der Waals surface area contributed by atoms with Gasteiger partial charge in [-0.3, -0.25) is 0 Å². The molecule has 2 saturated carbocycles. The fourth-order valence-corrected chi connectivity index (χ4v) is 23.6. The van der Waals surface area contributed by atoms with Gasteiger partial charge < -0.3 is 111 Å². The van der Waals surface area contributed by atoms with Gasteiger partial charge in [0.1, 0.15) is 91.5 Å². The van der Waals surface area contributed by atoms with Crippen molar-refractivity contribution in [1.82, 2.24) is 21.3 Å².